The van der Waals surface area contributed by atoms with Crippen LogP contribution in [0.1, 0.15) is 32.6 Å². The summed E-state index contributed by atoms with van der Waals surface area (Å²) in [4.78, 5) is 36.1. The van der Waals surface area contributed by atoms with Crippen LogP contribution in [-0.4, -0.2) is 46.5 Å². The van der Waals surface area contributed by atoms with Crippen LogP contribution in [-0.2, 0) is 19.1 Å². The highest BCUT2D eigenvalue weighted by atomic mass is 16.5. The number of amides is 2. The molecule has 1 heterocycles. The molecule has 100 valence electrons. The van der Waals surface area contributed by atoms with E-state index in [9.17, 15) is 19.5 Å². The molecule has 18 heavy (non-hydrogen) atoms. The van der Waals surface area contributed by atoms with Gasteiger partial charge < -0.3 is 9.84 Å². The molecule has 0 radical (unpaired) electrons. The molecule has 0 atom stereocenters. The van der Waals surface area contributed by atoms with Gasteiger partial charge in [-0.1, -0.05) is 6.92 Å². The van der Waals surface area contributed by atoms with Crippen LogP contribution in [0.15, 0.2) is 0 Å². The Morgan fingerprint density at radius 1 is 1.28 bits per heavy atom. The summed E-state index contributed by atoms with van der Waals surface area (Å²) in [5, 5.41) is 9.48. The van der Waals surface area contributed by atoms with Crippen molar-refractivity contribution < 1.29 is 24.2 Å². The number of hydrogen-bond donors (Lipinski definition) is 1. The number of ether oxygens (including phenoxy) is 1. The molecule has 6 nitrogen and oxygen atoms in total. The second-order valence-corrected chi connectivity index (χ2v) is 5.13. The molecule has 1 saturated heterocycles. The molecule has 0 aromatic carbocycles. The number of hydrogen-bond acceptors (Lipinski definition) is 4. The molecule has 2 fully saturated rings. The predicted octanol–water partition coefficient (Wildman–Crippen LogP) is 0.405. The topological polar surface area (TPSA) is 83.9 Å². The van der Waals surface area contributed by atoms with Crippen LogP contribution in [0.5, 0.6) is 0 Å². The highest BCUT2D eigenvalue weighted by Gasteiger charge is 2.52. The molecule has 0 aromatic heterocycles. The Kier molecular flexibility index (Phi) is 3.38. The van der Waals surface area contributed by atoms with E-state index in [1.165, 1.54) is 0 Å². The van der Waals surface area contributed by atoms with Gasteiger partial charge in [-0.05, 0) is 31.6 Å². The third kappa shape index (κ3) is 2.01. The van der Waals surface area contributed by atoms with E-state index in [0.29, 0.717) is 31.6 Å². The fourth-order valence-electron chi connectivity index (χ4n) is 2.74. The molecule has 1 saturated carbocycles. The lowest BCUT2D eigenvalue weighted by molar-refractivity contribution is -0.179. The number of aliphatic carboxylic acids is 1. The van der Waals surface area contributed by atoms with Gasteiger partial charge in [0.1, 0.15) is 18.8 Å². The lowest BCUT2D eigenvalue weighted by Crippen LogP contribution is -2.64. The fraction of sp³-hybridized carbons (Fsp3) is 0.750. The Hall–Kier alpha value is -1.43. The fourth-order valence-corrected chi connectivity index (χ4v) is 2.74. The van der Waals surface area contributed by atoms with Crippen LogP contribution in [0, 0.1) is 5.92 Å². The first-order valence-corrected chi connectivity index (χ1v) is 6.14. The molecule has 0 aromatic rings. The first-order valence-electron chi connectivity index (χ1n) is 6.14. The quantitative estimate of drug-likeness (QED) is 0.722. The van der Waals surface area contributed by atoms with Gasteiger partial charge in [0.25, 0.3) is 11.8 Å². The molecular weight excluding hydrogens is 238 g/mol. The van der Waals surface area contributed by atoms with Crippen molar-refractivity contribution in [3.8, 4) is 0 Å². The number of carbonyl (C=O) groups excluding carboxylic acids is 2. The summed E-state index contributed by atoms with van der Waals surface area (Å²) in [6.07, 6.45) is 2.09. The van der Waals surface area contributed by atoms with Gasteiger partial charge in [0.05, 0.1) is 0 Å². The van der Waals surface area contributed by atoms with E-state index in [0.717, 1.165) is 4.90 Å². The van der Waals surface area contributed by atoms with E-state index in [2.05, 4.69) is 6.92 Å². The average Bonchev–Trinajstić information content (AvgIpc) is 2.31. The summed E-state index contributed by atoms with van der Waals surface area (Å²) in [6.45, 7) is 1.63. The van der Waals surface area contributed by atoms with Crippen molar-refractivity contribution in [2.45, 2.75) is 38.1 Å². The van der Waals surface area contributed by atoms with Gasteiger partial charge in [0, 0.05) is 0 Å². The summed E-state index contributed by atoms with van der Waals surface area (Å²) in [7, 11) is 0. The van der Waals surface area contributed by atoms with Crippen molar-refractivity contribution in [1.82, 2.24) is 4.90 Å². The minimum atomic E-state index is -1.36. The van der Waals surface area contributed by atoms with Crippen LogP contribution in [0.3, 0.4) is 0 Å². The average molecular weight is 255 g/mol. The maximum Gasteiger partial charge on any atom is 0.330 e. The molecular formula is C12H17NO5. The summed E-state index contributed by atoms with van der Waals surface area (Å²) >= 11 is 0. The molecule has 1 aliphatic carbocycles. The van der Waals surface area contributed by atoms with E-state index in [4.69, 9.17) is 4.74 Å². The maximum absolute atomic E-state index is 11.8. The van der Waals surface area contributed by atoms with Crippen LogP contribution < -0.4 is 0 Å². The summed E-state index contributed by atoms with van der Waals surface area (Å²) in [5.74, 6) is -1.73. The third-order valence-electron chi connectivity index (χ3n) is 3.88. The first kappa shape index (κ1) is 13.0. The van der Waals surface area contributed by atoms with E-state index in [-0.39, 0.29) is 13.2 Å². The number of carbonyl (C=O) groups is 3. The Balaban J connectivity index is 2.32. The Labute approximate surface area is 105 Å². The second-order valence-electron chi connectivity index (χ2n) is 5.13. The predicted molar refractivity (Wildman–Crippen MR) is 60.7 cm³/mol. The number of nitrogens with zero attached hydrogens (tertiary/aromatic N) is 1. The molecule has 1 N–H and O–H groups in total. The highest BCUT2D eigenvalue weighted by molar-refractivity contribution is 6.03. The number of imide groups is 1. The number of carboxylic acid groups (broad SMARTS) is 1. The van der Waals surface area contributed by atoms with Crippen molar-refractivity contribution in [2.75, 3.05) is 13.2 Å². The van der Waals surface area contributed by atoms with Gasteiger partial charge >= 0.3 is 5.97 Å². The van der Waals surface area contributed by atoms with Crippen LogP contribution in [0.25, 0.3) is 0 Å². The van der Waals surface area contributed by atoms with E-state index < -0.39 is 23.3 Å². The SMILES string of the molecule is CC1CCC(C(=O)O)(N2C(=O)COCC2=O)CC1. The Morgan fingerprint density at radius 3 is 2.22 bits per heavy atom. The Bertz CT molecular complexity index is 368. The van der Waals surface area contributed by atoms with Gasteiger partial charge in [-0.2, -0.15) is 0 Å². The molecule has 0 unspecified atom stereocenters. The minimum absolute atomic E-state index is 0.212. The summed E-state index contributed by atoms with van der Waals surface area (Å²) < 4.78 is 4.83. The van der Waals surface area contributed by atoms with E-state index in [1.54, 1.807) is 0 Å². The molecule has 6 heteroatoms. The van der Waals surface area contributed by atoms with Gasteiger partial charge in [-0.15, -0.1) is 0 Å². The number of carboxylic acids is 1. The van der Waals surface area contributed by atoms with Gasteiger partial charge in [-0.3, -0.25) is 14.5 Å². The standard InChI is InChI=1S/C12H17NO5/c1-8-2-4-12(5-3-8,11(16)17)13-9(14)6-18-7-10(13)15/h8H,2-7H2,1H3,(H,16,17). The van der Waals surface area contributed by atoms with Gasteiger partial charge in [0.15, 0.2) is 0 Å². The molecule has 0 bridgehead atoms. The largest absolute Gasteiger partial charge is 0.479 e. The Morgan fingerprint density at radius 2 is 1.78 bits per heavy atom. The van der Waals surface area contributed by atoms with E-state index >= 15 is 0 Å². The number of rotatable bonds is 2. The maximum atomic E-state index is 11.8. The third-order valence-corrected chi connectivity index (χ3v) is 3.88. The van der Waals surface area contributed by atoms with Crippen molar-refractivity contribution >= 4 is 17.8 Å². The first-order chi connectivity index (χ1) is 8.47. The molecule has 1 aliphatic heterocycles. The monoisotopic (exact) mass is 255 g/mol. The van der Waals surface area contributed by atoms with Crippen molar-refractivity contribution in [1.29, 1.82) is 0 Å². The van der Waals surface area contributed by atoms with Crippen molar-refractivity contribution in [3.63, 3.8) is 0 Å². The van der Waals surface area contributed by atoms with Gasteiger partial charge in [0.2, 0.25) is 0 Å². The van der Waals surface area contributed by atoms with Crippen molar-refractivity contribution in [3.05, 3.63) is 0 Å². The lowest BCUT2D eigenvalue weighted by Gasteiger charge is -2.44. The molecule has 2 amide bonds. The number of morpholine rings is 1. The zero-order valence-corrected chi connectivity index (χ0v) is 10.3. The van der Waals surface area contributed by atoms with Crippen LogP contribution >= 0.6 is 0 Å². The van der Waals surface area contributed by atoms with E-state index in [1.807, 2.05) is 0 Å². The van der Waals surface area contributed by atoms with Gasteiger partial charge in [-0.25, -0.2) is 4.79 Å². The van der Waals surface area contributed by atoms with Crippen LogP contribution in [0.4, 0.5) is 0 Å². The summed E-state index contributed by atoms with van der Waals surface area (Å²) in [5.41, 5.74) is -1.36. The van der Waals surface area contributed by atoms with Crippen molar-refractivity contribution in [2.24, 2.45) is 5.92 Å². The smallest absolute Gasteiger partial charge is 0.330 e. The lowest BCUT2D eigenvalue weighted by atomic mass is 9.75. The minimum Gasteiger partial charge on any atom is -0.479 e. The second kappa shape index (κ2) is 4.68. The normalized spacial score (nSPS) is 33.6. The van der Waals surface area contributed by atoms with Crippen LogP contribution in [0.2, 0.25) is 0 Å². The zero-order valence-electron chi connectivity index (χ0n) is 10.3. The molecule has 0 spiro atoms. The molecule has 2 rings (SSSR count). The highest BCUT2D eigenvalue weighted by Crippen LogP contribution is 2.37. The summed E-state index contributed by atoms with van der Waals surface area (Å²) in [6, 6.07) is 0. The zero-order chi connectivity index (χ0) is 13.3. The molecule has 2 aliphatic rings.